The summed E-state index contributed by atoms with van der Waals surface area (Å²) in [5.41, 5.74) is 1.36. The lowest BCUT2D eigenvalue weighted by Gasteiger charge is -2.38. The number of ether oxygens (including phenoxy) is 2. The van der Waals surface area contributed by atoms with Crippen molar-refractivity contribution in [3.05, 3.63) is 70.8 Å². The van der Waals surface area contributed by atoms with Gasteiger partial charge in [-0.2, -0.15) is 0 Å². The van der Waals surface area contributed by atoms with Crippen molar-refractivity contribution in [3.8, 4) is 5.75 Å². The Kier molecular flexibility index (Phi) is 5.81. The van der Waals surface area contributed by atoms with Crippen molar-refractivity contribution in [1.29, 1.82) is 0 Å². The van der Waals surface area contributed by atoms with Crippen molar-refractivity contribution < 1.29 is 14.3 Å². The fourth-order valence-corrected chi connectivity index (χ4v) is 3.97. The van der Waals surface area contributed by atoms with E-state index < -0.39 is 0 Å². The highest BCUT2D eigenvalue weighted by Gasteiger charge is 2.35. The summed E-state index contributed by atoms with van der Waals surface area (Å²) >= 11 is 0. The molecule has 3 aromatic rings. The van der Waals surface area contributed by atoms with Crippen LogP contribution in [0.1, 0.15) is 18.4 Å². The van der Waals surface area contributed by atoms with Gasteiger partial charge in [-0.1, -0.05) is 24.3 Å². The second-order valence-electron chi connectivity index (χ2n) is 7.59. The summed E-state index contributed by atoms with van der Waals surface area (Å²) in [7, 11) is 1.64. The van der Waals surface area contributed by atoms with Crippen molar-refractivity contribution >= 4 is 16.8 Å². The van der Waals surface area contributed by atoms with E-state index in [0.717, 1.165) is 24.2 Å². The van der Waals surface area contributed by atoms with E-state index >= 15 is 0 Å². The summed E-state index contributed by atoms with van der Waals surface area (Å²) in [6, 6.07) is 15.1. The SMILES string of the molecule is COc1ccc(C2(CNC(=O)Cn3cnc4ccccc4c3=O)CCOCC2)cc1. The van der Waals surface area contributed by atoms with Crippen molar-refractivity contribution in [2.75, 3.05) is 26.9 Å². The van der Waals surface area contributed by atoms with Crippen molar-refractivity contribution in [1.82, 2.24) is 14.9 Å². The lowest BCUT2D eigenvalue weighted by molar-refractivity contribution is -0.122. The number of methoxy groups -OCH3 is 1. The van der Waals surface area contributed by atoms with Crippen LogP contribution >= 0.6 is 0 Å². The number of para-hydroxylation sites is 1. The molecule has 0 saturated carbocycles. The van der Waals surface area contributed by atoms with Gasteiger partial charge in [-0.3, -0.25) is 14.2 Å². The standard InChI is InChI=1S/C23H25N3O4/c1-29-18-8-6-17(7-9-18)23(10-12-30-13-11-23)15-24-21(27)14-26-16-25-20-5-3-2-4-19(20)22(26)28/h2-9,16H,10-15H2,1H3,(H,24,27). The highest BCUT2D eigenvalue weighted by molar-refractivity contribution is 5.78. The maximum absolute atomic E-state index is 12.7. The Hall–Kier alpha value is -3.19. The van der Waals surface area contributed by atoms with Gasteiger partial charge in [0.15, 0.2) is 0 Å². The van der Waals surface area contributed by atoms with E-state index in [4.69, 9.17) is 9.47 Å². The molecule has 2 aromatic carbocycles. The molecule has 2 heterocycles. The number of carbonyl (C=O) groups is 1. The number of amides is 1. The van der Waals surface area contributed by atoms with Crippen LogP contribution in [-0.4, -0.2) is 42.3 Å². The van der Waals surface area contributed by atoms with E-state index in [2.05, 4.69) is 10.3 Å². The monoisotopic (exact) mass is 407 g/mol. The first-order valence-electron chi connectivity index (χ1n) is 10.0. The minimum atomic E-state index is -0.216. The number of nitrogens with zero attached hydrogens (tertiary/aromatic N) is 2. The van der Waals surface area contributed by atoms with Crippen LogP contribution < -0.4 is 15.6 Å². The molecular formula is C23H25N3O4. The maximum atomic E-state index is 12.7. The summed E-state index contributed by atoms with van der Waals surface area (Å²) in [6.07, 6.45) is 3.06. The van der Waals surface area contributed by atoms with Crippen LogP contribution in [0.15, 0.2) is 59.7 Å². The molecule has 0 aliphatic carbocycles. The van der Waals surface area contributed by atoms with E-state index in [1.165, 1.54) is 10.9 Å². The predicted octanol–water partition coefficient (Wildman–Crippen LogP) is 2.27. The van der Waals surface area contributed by atoms with Crippen LogP contribution in [0, 0.1) is 0 Å². The molecule has 7 heteroatoms. The van der Waals surface area contributed by atoms with Gasteiger partial charge in [0.05, 0.1) is 24.3 Å². The average molecular weight is 407 g/mol. The molecule has 7 nitrogen and oxygen atoms in total. The van der Waals surface area contributed by atoms with E-state index in [-0.39, 0.29) is 23.4 Å². The Morgan fingerprint density at radius 3 is 2.63 bits per heavy atom. The molecule has 30 heavy (non-hydrogen) atoms. The number of fused-ring (bicyclic) bond motifs is 1. The summed E-state index contributed by atoms with van der Waals surface area (Å²) in [4.78, 5) is 29.6. The van der Waals surface area contributed by atoms with Gasteiger partial charge in [0.25, 0.3) is 5.56 Å². The minimum Gasteiger partial charge on any atom is -0.497 e. The van der Waals surface area contributed by atoms with Crippen molar-refractivity contribution in [2.45, 2.75) is 24.8 Å². The Morgan fingerprint density at radius 1 is 1.17 bits per heavy atom. The van der Waals surface area contributed by atoms with Gasteiger partial charge in [0, 0.05) is 25.2 Å². The third-order valence-corrected chi connectivity index (χ3v) is 5.82. The Labute approximate surface area is 174 Å². The fraction of sp³-hybridized carbons (Fsp3) is 0.348. The van der Waals surface area contributed by atoms with E-state index in [0.29, 0.717) is 30.7 Å². The number of nitrogens with one attached hydrogen (secondary N) is 1. The minimum absolute atomic E-state index is 0.0636. The lowest BCUT2D eigenvalue weighted by Crippen LogP contribution is -2.45. The highest BCUT2D eigenvalue weighted by Crippen LogP contribution is 2.35. The number of benzene rings is 2. The predicted molar refractivity (Wildman–Crippen MR) is 114 cm³/mol. The first-order valence-corrected chi connectivity index (χ1v) is 10.0. The number of carbonyl (C=O) groups excluding carboxylic acids is 1. The van der Waals surface area contributed by atoms with Gasteiger partial charge in [-0.15, -0.1) is 0 Å². The van der Waals surface area contributed by atoms with Gasteiger partial charge >= 0.3 is 0 Å². The normalized spacial score (nSPS) is 15.6. The third kappa shape index (κ3) is 4.07. The van der Waals surface area contributed by atoms with Crippen LogP contribution in [0.4, 0.5) is 0 Å². The second-order valence-corrected chi connectivity index (χ2v) is 7.59. The number of hydrogen-bond acceptors (Lipinski definition) is 5. The zero-order valence-corrected chi connectivity index (χ0v) is 17.0. The quantitative estimate of drug-likeness (QED) is 0.678. The van der Waals surface area contributed by atoms with Crippen LogP contribution in [0.25, 0.3) is 10.9 Å². The molecule has 0 bridgehead atoms. The van der Waals surface area contributed by atoms with Crippen LogP contribution in [0.3, 0.4) is 0 Å². The molecule has 0 unspecified atom stereocenters. The van der Waals surface area contributed by atoms with Crippen molar-refractivity contribution in [2.24, 2.45) is 0 Å². The summed E-state index contributed by atoms with van der Waals surface area (Å²) in [6.45, 7) is 1.72. The summed E-state index contributed by atoms with van der Waals surface area (Å²) < 4.78 is 12.2. The molecule has 1 aliphatic rings. The van der Waals surface area contributed by atoms with Gasteiger partial charge in [0.1, 0.15) is 12.3 Å². The fourth-order valence-electron chi connectivity index (χ4n) is 3.97. The van der Waals surface area contributed by atoms with Gasteiger partial charge in [-0.25, -0.2) is 4.98 Å². The zero-order chi connectivity index (χ0) is 21.0. The zero-order valence-electron chi connectivity index (χ0n) is 17.0. The van der Waals surface area contributed by atoms with Gasteiger partial charge in [-0.05, 0) is 42.7 Å². The molecule has 4 rings (SSSR count). The third-order valence-electron chi connectivity index (χ3n) is 5.82. The van der Waals surface area contributed by atoms with Crippen LogP contribution in [0.5, 0.6) is 5.75 Å². The molecule has 156 valence electrons. The van der Waals surface area contributed by atoms with E-state index in [1.807, 2.05) is 30.3 Å². The average Bonchev–Trinajstić information content (AvgIpc) is 2.80. The molecule has 0 spiro atoms. The molecule has 1 aromatic heterocycles. The Balaban J connectivity index is 1.49. The lowest BCUT2D eigenvalue weighted by atomic mass is 9.74. The molecule has 1 fully saturated rings. The highest BCUT2D eigenvalue weighted by atomic mass is 16.5. The molecule has 1 N–H and O–H groups in total. The van der Waals surface area contributed by atoms with Crippen LogP contribution in [-0.2, 0) is 21.5 Å². The van der Waals surface area contributed by atoms with E-state index in [1.54, 1.807) is 25.3 Å². The van der Waals surface area contributed by atoms with Gasteiger partial charge < -0.3 is 14.8 Å². The molecular weight excluding hydrogens is 382 g/mol. The molecule has 0 radical (unpaired) electrons. The number of aromatic nitrogens is 2. The first kappa shape index (κ1) is 20.1. The second kappa shape index (κ2) is 8.67. The molecule has 1 amide bonds. The Bertz CT molecular complexity index is 1090. The largest absolute Gasteiger partial charge is 0.497 e. The topological polar surface area (TPSA) is 82.5 Å². The first-order chi connectivity index (χ1) is 14.6. The Morgan fingerprint density at radius 2 is 1.90 bits per heavy atom. The molecule has 1 saturated heterocycles. The van der Waals surface area contributed by atoms with Crippen LogP contribution in [0.2, 0.25) is 0 Å². The summed E-state index contributed by atoms with van der Waals surface area (Å²) in [5.74, 6) is 0.585. The van der Waals surface area contributed by atoms with Crippen molar-refractivity contribution in [3.63, 3.8) is 0 Å². The number of hydrogen-bond donors (Lipinski definition) is 1. The smallest absolute Gasteiger partial charge is 0.261 e. The maximum Gasteiger partial charge on any atom is 0.261 e. The van der Waals surface area contributed by atoms with Gasteiger partial charge in [0.2, 0.25) is 5.91 Å². The summed E-state index contributed by atoms with van der Waals surface area (Å²) in [5, 5.41) is 3.54. The van der Waals surface area contributed by atoms with E-state index in [9.17, 15) is 9.59 Å². The molecule has 0 atom stereocenters. The molecule has 1 aliphatic heterocycles. The number of rotatable bonds is 6.